The number of carbonyl (C=O) groups excluding carboxylic acids is 1. The van der Waals surface area contributed by atoms with E-state index in [-0.39, 0.29) is 11.9 Å². The van der Waals surface area contributed by atoms with Gasteiger partial charge in [0.1, 0.15) is 17.0 Å². The molecule has 6 heteroatoms. The summed E-state index contributed by atoms with van der Waals surface area (Å²) < 4.78 is 0. The predicted molar refractivity (Wildman–Crippen MR) is 108 cm³/mol. The summed E-state index contributed by atoms with van der Waals surface area (Å²) in [5.41, 5.74) is 2.38. The van der Waals surface area contributed by atoms with Gasteiger partial charge in [-0.05, 0) is 24.8 Å². The number of hydrogen-bond donors (Lipinski definition) is 1. The van der Waals surface area contributed by atoms with Crippen molar-refractivity contribution in [2.75, 3.05) is 5.32 Å². The van der Waals surface area contributed by atoms with Crippen molar-refractivity contribution < 1.29 is 4.79 Å². The number of carbonyl (C=O) groups is 1. The van der Waals surface area contributed by atoms with Crippen molar-refractivity contribution >= 4 is 33.3 Å². The van der Waals surface area contributed by atoms with Gasteiger partial charge in [0.15, 0.2) is 0 Å². The van der Waals surface area contributed by atoms with Crippen LogP contribution in [0.25, 0.3) is 10.2 Å². The summed E-state index contributed by atoms with van der Waals surface area (Å²) >= 11 is 1.64. The van der Waals surface area contributed by atoms with Crippen molar-refractivity contribution in [1.29, 1.82) is 0 Å². The SMILES string of the molecule is CC#CC(=O)N1Cc2sc3ncnc(N[C@H](CC)c4ccccc4)c3c2C1. The molecule has 0 saturated carbocycles. The van der Waals surface area contributed by atoms with Crippen LogP contribution in [0.4, 0.5) is 5.82 Å². The average Bonchev–Trinajstić information content (AvgIpc) is 3.25. The number of anilines is 1. The number of fused-ring (bicyclic) bond motifs is 3. The topological polar surface area (TPSA) is 58.1 Å². The Labute approximate surface area is 162 Å². The molecule has 136 valence electrons. The highest BCUT2D eigenvalue weighted by molar-refractivity contribution is 7.19. The number of nitrogens with one attached hydrogen (secondary N) is 1. The van der Waals surface area contributed by atoms with Gasteiger partial charge in [-0.25, -0.2) is 9.97 Å². The first kappa shape index (κ1) is 17.5. The lowest BCUT2D eigenvalue weighted by atomic mass is 10.0. The standard InChI is InChI=1S/C21H20N4OS/c1-3-8-18(26)25-11-15-17(12-25)27-21-19(15)20(22-13-23-21)24-16(4-2)14-9-6-5-7-10-14/h5-7,9-10,13,16H,4,11-12H2,1-2H3,(H,22,23,24)/t16-/m1/s1. The number of rotatable bonds is 4. The molecule has 0 spiro atoms. The molecular weight excluding hydrogens is 356 g/mol. The van der Waals surface area contributed by atoms with E-state index in [0.717, 1.165) is 28.0 Å². The van der Waals surface area contributed by atoms with Crippen molar-refractivity contribution in [3.63, 3.8) is 0 Å². The van der Waals surface area contributed by atoms with Gasteiger partial charge in [-0.1, -0.05) is 43.2 Å². The largest absolute Gasteiger partial charge is 0.363 e. The molecule has 27 heavy (non-hydrogen) atoms. The van der Waals surface area contributed by atoms with Crippen LogP contribution in [-0.4, -0.2) is 20.8 Å². The average molecular weight is 376 g/mol. The third-order valence-corrected chi connectivity index (χ3v) is 5.92. The second kappa shape index (κ2) is 7.37. The Morgan fingerprint density at radius 1 is 1.30 bits per heavy atom. The minimum atomic E-state index is -0.129. The van der Waals surface area contributed by atoms with Crippen LogP contribution in [-0.2, 0) is 17.9 Å². The van der Waals surface area contributed by atoms with Crippen molar-refractivity contribution in [1.82, 2.24) is 14.9 Å². The van der Waals surface area contributed by atoms with Crippen LogP contribution >= 0.6 is 11.3 Å². The van der Waals surface area contributed by atoms with Crippen molar-refractivity contribution in [2.24, 2.45) is 0 Å². The normalized spacial score (nSPS) is 13.8. The number of thiophene rings is 1. The Hall–Kier alpha value is -2.91. The zero-order valence-electron chi connectivity index (χ0n) is 15.3. The first-order valence-corrected chi connectivity index (χ1v) is 9.81. The number of benzene rings is 1. The quantitative estimate of drug-likeness (QED) is 0.696. The van der Waals surface area contributed by atoms with Gasteiger partial charge in [0, 0.05) is 17.0 Å². The third-order valence-electron chi connectivity index (χ3n) is 4.79. The molecule has 1 atom stereocenters. The maximum absolute atomic E-state index is 12.2. The number of hydrogen-bond acceptors (Lipinski definition) is 5. The van der Waals surface area contributed by atoms with E-state index in [2.05, 4.69) is 58.3 Å². The van der Waals surface area contributed by atoms with E-state index < -0.39 is 0 Å². The molecule has 5 nitrogen and oxygen atoms in total. The van der Waals surface area contributed by atoms with Crippen LogP contribution in [0.1, 0.15) is 42.3 Å². The second-order valence-electron chi connectivity index (χ2n) is 6.46. The molecule has 1 N–H and O–H groups in total. The van der Waals surface area contributed by atoms with Crippen molar-refractivity contribution in [2.45, 2.75) is 39.4 Å². The fourth-order valence-corrected chi connectivity index (χ4v) is 4.63. The Kier molecular flexibility index (Phi) is 4.78. The highest BCUT2D eigenvalue weighted by Crippen LogP contribution is 2.40. The van der Waals surface area contributed by atoms with Crippen LogP contribution in [0.3, 0.4) is 0 Å². The highest BCUT2D eigenvalue weighted by atomic mass is 32.1. The molecule has 2 aromatic heterocycles. The molecule has 0 saturated heterocycles. The lowest BCUT2D eigenvalue weighted by molar-refractivity contribution is -0.125. The van der Waals surface area contributed by atoms with Gasteiger partial charge in [0.05, 0.1) is 18.0 Å². The van der Waals surface area contributed by atoms with Gasteiger partial charge >= 0.3 is 0 Å². The maximum atomic E-state index is 12.2. The van der Waals surface area contributed by atoms with E-state index in [0.29, 0.717) is 13.1 Å². The summed E-state index contributed by atoms with van der Waals surface area (Å²) in [4.78, 5) is 25.1. The van der Waals surface area contributed by atoms with E-state index in [9.17, 15) is 4.79 Å². The van der Waals surface area contributed by atoms with E-state index in [1.807, 2.05) is 6.07 Å². The van der Waals surface area contributed by atoms with Crippen LogP contribution in [0.2, 0.25) is 0 Å². The molecule has 0 aliphatic carbocycles. The monoisotopic (exact) mass is 376 g/mol. The van der Waals surface area contributed by atoms with Crippen LogP contribution in [0.15, 0.2) is 36.7 Å². The Bertz CT molecular complexity index is 1050. The van der Waals surface area contributed by atoms with Gasteiger partial charge in [-0.2, -0.15) is 0 Å². The molecular formula is C21H20N4OS. The lowest BCUT2D eigenvalue weighted by Crippen LogP contribution is -2.23. The van der Waals surface area contributed by atoms with Gasteiger partial charge in [0.2, 0.25) is 0 Å². The lowest BCUT2D eigenvalue weighted by Gasteiger charge is -2.19. The Morgan fingerprint density at radius 2 is 2.11 bits per heavy atom. The summed E-state index contributed by atoms with van der Waals surface area (Å²) in [6, 6.07) is 10.6. The fraction of sp³-hybridized carbons (Fsp3) is 0.286. The van der Waals surface area contributed by atoms with Gasteiger partial charge in [-0.15, -0.1) is 11.3 Å². The van der Waals surface area contributed by atoms with Crippen molar-refractivity contribution in [3.05, 3.63) is 52.7 Å². The Balaban J connectivity index is 1.69. The molecule has 0 unspecified atom stereocenters. The van der Waals surface area contributed by atoms with Crippen LogP contribution in [0.5, 0.6) is 0 Å². The van der Waals surface area contributed by atoms with E-state index in [4.69, 9.17) is 0 Å². The number of amides is 1. The molecule has 3 heterocycles. The summed E-state index contributed by atoms with van der Waals surface area (Å²) in [5.74, 6) is 6.03. The zero-order valence-corrected chi connectivity index (χ0v) is 16.1. The Morgan fingerprint density at radius 3 is 2.85 bits per heavy atom. The predicted octanol–water partition coefficient (Wildman–Crippen LogP) is 4.12. The van der Waals surface area contributed by atoms with E-state index >= 15 is 0 Å². The molecule has 1 aromatic carbocycles. The smallest absolute Gasteiger partial charge is 0.299 e. The molecule has 0 bridgehead atoms. The summed E-state index contributed by atoms with van der Waals surface area (Å²) in [5, 5.41) is 4.63. The van der Waals surface area contributed by atoms with E-state index in [1.165, 1.54) is 10.4 Å². The zero-order chi connectivity index (χ0) is 18.8. The second-order valence-corrected chi connectivity index (χ2v) is 7.54. The molecule has 0 fully saturated rings. The fourth-order valence-electron chi connectivity index (χ4n) is 3.46. The van der Waals surface area contributed by atoms with Gasteiger partial charge in [-0.3, -0.25) is 4.79 Å². The summed E-state index contributed by atoms with van der Waals surface area (Å²) in [7, 11) is 0. The summed E-state index contributed by atoms with van der Waals surface area (Å²) in [6.45, 7) is 5.00. The molecule has 0 radical (unpaired) electrons. The molecule has 1 aliphatic heterocycles. The third kappa shape index (κ3) is 3.26. The van der Waals surface area contributed by atoms with Gasteiger partial charge < -0.3 is 10.2 Å². The minimum absolute atomic E-state index is 0.129. The molecule has 3 aromatic rings. The first-order chi connectivity index (χ1) is 13.2. The van der Waals surface area contributed by atoms with Crippen LogP contribution in [0, 0.1) is 11.8 Å². The summed E-state index contributed by atoms with van der Waals surface area (Å²) in [6.07, 6.45) is 2.55. The minimum Gasteiger partial charge on any atom is -0.363 e. The van der Waals surface area contributed by atoms with E-state index in [1.54, 1.807) is 29.5 Å². The van der Waals surface area contributed by atoms with Crippen molar-refractivity contribution in [3.8, 4) is 11.8 Å². The maximum Gasteiger partial charge on any atom is 0.299 e. The van der Waals surface area contributed by atoms with Crippen LogP contribution < -0.4 is 5.32 Å². The number of aromatic nitrogens is 2. The highest BCUT2D eigenvalue weighted by Gasteiger charge is 2.29. The number of nitrogens with zero attached hydrogens (tertiary/aromatic N) is 3. The molecule has 1 amide bonds. The molecule has 4 rings (SSSR count). The first-order valence-electron chi connectivity index (χ1n) is 8.99. The molecule has 1 aliphatic rings. The van der Waals surface area contributed by atoms with Gasteiger partial charge in [0.25, 0.3) is 5.91 Å².